The topological polar surface area (TPSA) is 37.4 Å². The SMILES string of the molecule is CC1N(C2CCCO2)CN(C2CCCO2)CN1C1CCCO1. The van der Waals surface area contributed by atoms with Crippen molar-refractivity contribution in [3.8, 4) is 0 Å². The van der Waals surface area contributed by atoms with E-state index in [1.165, 1.54) is 19.3 Å². The largest absolute Gasteiger partial charge is 0.363 e. The molecule has 3 unspecified atom stereocenters. The second kappa shape index (κ2) is 6.71. The second-order valence-corrected chi connectivity index (χ2v) is 6.93. The summed E-state index contributed by atoms with van der Waals surface area (Å²) in [5.74, 6) is 0. The van der Waals surface area contributed by atoms with E-state index in [-0.39, 0.29) is 18.7 Å². The molecule has 0 amide bonds. The molecule has 0 aliphatic carbocycles. The molecule has 0 aromatic carbocycles. The normalized spacial score (nSPS) is 42.4. The lowest BCUT2D eigenvalue weighted by Crippen LogP contribution is -2.66. The van der Waals surface area contributed by atoms with Crippen molar-refractivity contribution >= 4 is 0 Å². The molecule has 4 rings (SSSR count). The summed E-state index contributed by atoms with van der Waals surface area (Å²) in [4.78, 5) is 7.47. The van der Waals surface area contributed by atoms with Crippen molar-refractivity contribution < 1.29 is 14.2 Å². The van der Waals surface area contributed by atoms with Gasteiger partial charge in [-0.2, -0.15) is 0 Å². The van der Waals surface area contributed by atoms with Crippen molar-refractivity contribution in [2.24, 2.45) is 0 Å². The lowest BCUT2D eigenvalue weighted by molar-refractivity contribution is -0.219. The fourth-order valence-corrected chi connectivity index (χ4v) is 4.23. The third kappa shape index (κ3) is 2.92. The molecule has 0 aromatic rings. The van der Waals surface area contributed by atoms with Crippen LogP contribution in [0.2, 0.25) is 0 Å². The number of hydrogen-bond acceptors (Lipinski definition) is 6. The number of ether oxygens (including phenoxy) is 3. The van der Waals surface area contributed by atoms with Crippen LogP contribution >= 0.6 is 0 Å². The molecule has 4 heterocycles. The molecule has 126 valence electrons. The minimum Gasteiger partial charge on any atom is -0.363 e. The summed E-state index contributed by atoms with van der Waals surface area (Å²) in [6.07, 6.45) is 8.09. The van der Waals surface area contributed by atoms with E-state index in [2.05, 4.69) is 21.6 Å². The van der Waals surface area contributed by atoms with Gasteiger partial charge in [-0.15, -0.1) is 0 Å². The van der Waals surface area contributed by atoms with Crippen molar-refractivity contribution in [2.75, 3.05) is 33.2 Å². The average Bonchev–Trinajstić information content (AvgIpc) is 3.29. The molecule has 3 atom stereocenters. The van der Waals surface area contributed by atoms with Gasteiger partial charge < -0.3 is 14.2 Å². The Balaban J connectivity index is 1.51. The van der Waals surface area contributed by atoms with Gasteiger partial charge in [0.1, 0.15) is 18.7 Å². The molecule has 6 heteroatoms. The first kappa shape index (κ1) is 15.3. The summed E-state index contributed by atoms with van der Waals surface area (Å²) < 4.78 is 17.9. The van der Waals surface area contributed by atoms with E-state index < -0.39 is 0 Å². The van der Waals surface area contributed by atoms with Gasteiger partial charge in [-0.05, 0) is 45.4 Å². The molecule has 4 aliphatic heterocycles. The predicted molar refractivity (Wildman–Crippen MR) is 81.6 cm³/mol. The molecule has 0 saturated carbocycles. The Morgan fingerprint density at radius 1 is 0.682 bits per heavy atom. The van der Waals surface area contributed by atoms with Crippen molar-refractivity contribution in [2.45, 2.75) is 70.3 Å². The minimum atomic E-state index is 0.253. The van der Waals surface area contributed by atoms with Crippen molar-refractivity contribution in [3.05, 3.63) is 0 Å². The van der Waals surface area contributed by atoms with Crippen LogP contribution in [0.4, 0.5) is 0 Å². The maximum Gasteiger partial charge on any atom is 0.112 e. The zero-order chi connectivity index (χ0) is 14.9. The minimum absolute atomic E-state index is 0.253. The molecule has 4 saturated heterocycles. The van der Waals surface area contributed by atoms with E-state index in [4.69, 9.17) is 14.2 Å². The summed E-state index contributed by atoms with van der Waals surface area (Å²) in [7, 11) is 0. The van der Waals surface area contributed by atoms with Gasteiger partial charge in [-0.25, -0.2) is 9.80 Å². The monoisotopic (exact) mass is 311 g/mol. The number of hydrogen-bond donors (Lipinski definition) is 0. The van der Waals surface area contributed by atoms with Crippen LogP contribution in [0.15, 0.2) is 0 Å². The smallest absolute Gasteiger partial charge is 0.112 e. The van der Waals surface area contributed by atoms with Gasteiger partial charge in [-0.1, -0.05) is 0 Å². The number of rotatable bonds is 3. The first-order chi connectivity index (χ1) is 10.8. The summed E-state index contributed by atoms with van der Waals surface area (Å²) in [6.45, 7) is 6.88. The first-order valence-corrected chi connectivity index (χ1v) is 8.93. The summed E-state index contributed by atoms with van der Waals surface area (Å²) in [5, 5.41) is 0. The highest BCUT2D eigenvalue weighted by Crippen LogP contribution is 2.31. The molecule has 0 N–H and O–H groups in total. The van der Waals surface area contributed by atoms with Crippen LogP contribution in [0.1, 0.15) is 45.4 Å². The molecule has 4 aliphatic rings. The highest BCUT2D eigenvalue weighted by molar-refractivity contribution is 4.84. The molecule has 4 fully saturated rings. The highest BCUT2D eigenvalue weighted by Gasteiger charge is 2.42. The molecule has 0 spiro atoms. The number of nitrogens with zero attached hydrogens (tertiary/aromatic N) is 3. The molecule has 6 nitrogen and oxygen atoms in total. The van der Waals surface area contributed by atoms with E-state index in [0.29, 0.717) is 6.17 Å². The second-order valence-electron chi connectivity index (χ2n) is 6.93. The third-order valence-corrected chi connectivity index (χ3v) is 5.51. The molecule has 22 heavy (non-hydrogen) atoms. The van der Waals surface area contributed by atoms with Crippen molar-refractivity contribution in [1.29, 1.82) is 0 Å². The Morgan fingerprint density at radius 3 is 1.55 bits per heavy atom. The predicted octanol–water partition coefficient (Wildman–Crippen LogP) is 1.58. The van der Waals surface area contributed by atoms with E-state index in [1.54, 1.807) is 0 Å². The standard InChI is InChI=1S/C16H29N3O3/c1-13-18(15-6-3-9-21-15)11-17(14-5-2-8-20-14)12-19(13)16-7-4-10-22-16/h13-16H,2-12H2,1H3. The Labute approximate surface area is 133 Å². The van der Waals surface area contributed by atoms with Gasteiger partial charge in [0, 0.05) is 19.8 Å². The maximum absolute atomic E-state index is 5.98. The van der Waals surface area contributed by atoms with Crippen LogP contribution in [-0.2, 0) is 14.2 Å². The Hall–Kier alpha value is -0.240. The van der Waals surface area contributed by atoms with Crippen LogP contribution in [-0.4, -0.2) is 72.7 Å². The quantitative estimate of drug-likeness (QED) is 0.788. The van der Waals surface area contributed by atoms with E-state index in [0.717, 1.165) is 52.4 Å². The van der Waals surface area contributed by atoms with Crippen LogP contribution in [0, 0.1) is 0 Å². The molecule has 0 radical (unpaired) electrons. The molecule has 0 aromatic heterocycles. The first-order valence-electron chi connectivity index (χ1n) is 8.93. The van der Waals surface area contributed by atoms with Gasteiger partial charge in [0.05, 0.1) is 19.5 Å². The Kier molecular flexibility index (Phi) is 4.66. The third-order valence-electron chi connectivity index (χ3n) is 5.51. The van der Waals surface area contributed by atoms with Crippen molar-refractivity contribution in [3.63, 3.8) is 0 Å². The van der Waals surface area contributed by atoms with Gasteiger partial charge >= 0.3 is 0 Å². The summed E-state index contributed by atoms with van der Waals surface area (Å²) in [6, 6.07) is 0. The fraction of sp³-hybridized carbons (Fsp3) is 1.00. The van der Waals surface area contributed by atoms with E-state index in [1.807, 2.05) is 0 Å². The van der Waals surface area contributed by atoms with Gasteiger partial charge in [0.2, 0.25) is 0 Å². The van der Waals surface area contributed by atoms with E-state index >= 15 is 0 Å². The summed E-state index contributed by atoms with van der Waals surface area (Å²) >= 11 is 0. The maximum atomic E-state index is 5.98. The zero-order valence-corrected chi connectivity index (χ0v) is 13.7. The van der Waals surface area contributed by atoms with Crippen LogP contribution in [0.5, 0.6) is 0 Å². The molecule has 0 bridgehead atoms. The van der Waals surface area contributed by atoms with Crippen molar-refractivity contribution in [1.82, 2.24) is 14.7 Å². The van der Waals surface area contributed by atoms with Crippen LogP contribution < -0.4 is 0 Å². The lowest BCUT2D eigenvalue weighted by Gasteiger charge is -2.51. The molecular weight excluding hydrogens is 282 g/mol. The summed E-state index contributed by atoms with van der Waals surface area (Å²) in [5.41, 5.74) is 0. The van der Waals surface area contributed by atoms with Gasteiger partial charge in [-0.3, -0.25) is 4.90 Å². The zero-order valence-electron chi connectivity index (χ0n) is 13.7. The van der Waals surface area contributed by atoms with Crippen LogP contribution in [0.3, 0.4) is 0 Å². The Morgan fingerprint density at radius 2 is 1.14 bits per heavy atom. The average molecular weight is 311 g/mol. The molecular formula is C16H29N3O3. The van der Waals surface area contributed by atoms with E-state index in [9.17, 15) is 0 Å². The van der Waals surface area contributed by atoms with Gasteiger partial charge in [0.25, 0.3) is 0 Å². The van der Waals surface area contributed by atoms with Crippen LogP contribution in [0.25, 0.3) is 0 Å². The lowest BCUT2D eigenvalue weighted by atomic mass is 10.2. The fourth-order valence-electron chi connectivity index (χ4n) is 4.23. The Bertz CT molecular complexity index is 340. The van der Waals surface area contributed by atoms with Gasteiger partial charge in [0.15, 0.2) is 0 Å². The highest BCUT2D eigenvalue weighted by atomic mass is 16.5.